The summed E-state index contributed by atoms with van der Waals surface area (Å²) in [6, 6.07) is 10.6. The molecule has 4 aromatic rings. The highest BCUT2D eigenvalue weighted by atomic mass is 79.9. The number of aryl methyl sites for hydroxylation is 2. The average molecular weight is 724 g/mol. The van der Waals surface area contributed by atoms with Crippen molar-refractivity contribution in [3.8, 4) is 17.0 Å². The van der Waals surface area contributed by atoms with Crippen molar-refractivity contribution < 1.29 is 9.30 Å². The van der Waals surface area contributed by atoms with Gasteiger partial charge in [0.1, 0.15) is 24.4 Å². The van der Waals surface area contributed by atoms with Gasteiger partial charge < -0.3 is 29.7 Å². The van der Waals surface area contributed by atoms with Gasteiger partial charge in [0, 0.05) is 81.2 Å². The molecule has 47 heavy (non-hydrogen) atoms. The van der Waals surface area contributed by atoms with E-state index in [2.05, 4.69) is 82.5 Å². The van der Waals surface area contributed by atoms with Gasteiger partial charge in [-0.15, -0.1) is 0 Å². The van der Waals surface area contributed by atoms with Crippen molar-refractivity contribution in [2.45, 2.75) is 25.8 Å². The fourth-order valence-electron chi connectivity index (χ4n) is 6.43. The fourth-order valence-corrected chi connectivity index (χ4v) is 7.88. The number of anilines is 5. The summed E-state index contributed by atoms with van der Waals surface area (Å²) in [5.41, 5.74) is 5.41. The average Bonchev–Trinajstić information content (AvgIpc) is 3.49. The third-order valence-corrected chi connectivity index (χ3v) is 11.2. The minimum Gasteiger partial charge on any atom is -0.494 e. The molecule has 6 rings (SSSR count). The number of nitrogens with one attached hydrogen (secondary N) is 2. The molecule has 250 valence electrons. The molecule has 4 heterocycles. The van der Waals surface area contributed by atoms with Crippen LogP contribution in [0.15, 0.2) is 47.2 Å². The number of nitrogens with zero attached hydrogens (tertiary/aromatic N) is 8. The van der Waals surface area contributed by atoms with E-state index in [0.717, 1.165) is 48.7 Å². The van der Waals surface area contributed by atoms with Gasteiger partial charge in [0.15, 0.2) is 0 Å². The highest BCUT2D eigenvalue weighted by Gasteiger charge is 2.28. The van der Waals surface area contributed by atoms with Gasteiger partial charge in [-0.2, -0.15) is 20.0 Å². The molecule has 0 aliphatic carbocycles. The lowest BCUT2D eigenvalue weighted by Crippen LogP contribution is -2.52. The van der Waals surface area contributed by atoms with Crippen LogP contribution in [-0.2, 0) is 11.6 Å². The molecule has 0 bridgehead atoms. The van der Waals surface area contributed by atoms with Crippen molar-refractivity contribution in [2.24, 2.45) is 7.05 Å². The number of hydrogen-bond acceptors (Lipinski definition) is 11. The Bertz CT molecular complexity index is 1780. The van der Waals surface area contributed by atoms with Crippen molar-refractivity contribution in [3.05, 3.63) is 52.8 Å². The number of aromatic nitrogens is 5. The van der Waals surface area contributed by atoms with E-state index in [9.17, 15) is 4.57 Å². The smallest absolute Gasteiger partial charge is 0.229 e. The topological polar surface area (TPSA) is 117 Å². The van der Waals surface area contributed by atoms with Gasteiger partial charge in [-0.1, -0.05) is 6.07 Å². The van der Waals surface area contributed by atoms with Gasteiger partial charge in [-0.25, -0.2) is 4.98 Å². The molecular weight excluding hydrogens is 679 g/mol. The number of hydrogen-bond donors (Lipinski definition) is 2. The summed E-state index contributed by atoms with van der Waals surface area (Å²) in [7, 11) is 2.99. The van der Waals surface area contributed by atoms with Crippen LogP contribution in [0.2, 0.25) is 0 Å². The largest absolute Gasteiger partial charge is 0.494 e. The molecule has 14 heteroatoms. The number of piperazine rings is 1. The zero-order valence-corrected chi connectivity index (χ0v) is 30.5. The van der Waals surface area contributed by atoms with Crippen LogP contribution >= 0.6 is 23.1 Å². The lowest BCUT2D eigenvalue weighted by molar-refractivity contribution is 0.0982. The normalized spacial score (nSPS) is 16.8. The molecule has 2 saturated heterocycles. The van der Waals surface area contributed by atoms with Crippen molar-refractivity contribution in [1.29, 1.82) is 0 Å². The third-order valence-electron chi connectivity index (χ3n) is 9.09. The first-order chi connectivity index (χ1) is 22.5. The maximum absolute atomic E-state index is 13.4. The van der Waals surface area contributed by atoms with E-state index in [4.69, 9.17) is 9.72 Å². The van der Waals surface area contributed by atoms with Gasteiger partial charge in [0.25, 0.3) is 0 Å². The standard InChI is InChI=1S/C33H44BrN10O2P/c1-22-17-27(30(46-4)19-29(22)44-11-9-24(10-12-44)43-15-13-41(2)14-16-43)38-33-35-20-25(34)32(39-33)37-26-8-7-23(18-31(26)47(5,6)45)28-21-36-42(3)40-28/h7-8,17-21,24H,9-16H2,1-6H3,(H2,35,37,38,39). The van der Waals surface area contributed by atoms with Crippen molar-refractivity contribution in [2.75, 3.05) is 82.3 Å². The molecule has 0 saturated carbocycles. The van der Waals surface area contributed by atoms with Crippen LogP contribution in [0, 0.1) is 6.92 Å². The third kappa shape index (κ3) is 7.64. The zero-order chi connectivity index (χ0) is 33.3. The van der Waals surface area contributed by atoms with Crippen LogP contribution in [-0.4, -0.2) is 108 Å². The second-order valence-electron chi connectivity index (χ2n) is 12.8. The summed E-state index contributed by atoms with van der Waals surface area (Å²) in [6.07, 6.45) is 5.73. The quantitative estimate of drug-likeness (QED) is 0.219. The Morgan fingerprint density at radius 2 is 1.70 bits per heavy atom. The molecular formula is C33H44BrN10O2P. The number of piperidine rings is 1. The number of halogens is 1. The number of rotatable bonds is 9. The maximum atomic E-state index is 13.4. The van der Waals surface area contributed by atoms with Crippen LogP contribution in [0.4, 0.5) is 28.8 Å². The Kier molecular flexibility index (Phi) is 9.89. The molecule has 2 aromatic heterocycles. The van der Waals surface area contributed by atoms with Gasteiger partial charge in [-0.05, 0) is 79.8 Å². The molecule has 2 aromatic carbocycles. The highest BCUT2D eigenvalue weighted by Crippen LogP contribution is 2.41. The van der Waals surface area contributed by atoms with Gasteiger partial charge in [-0.3, -0.25) is 4.90 Å². The van der Waals surface area contributed by atoms with Crippen LogP contribution in [0.1, 0.15) is 18.4 Å². The highest BCUT2D eigenvalue weighted by molar-refractivity contribution is 9.10. The number of ether oxygens (including phenoxy) is 1. The molecule has 0 atom stereocenters. The van der Waals surface area contributed by atoms with E-state index < -0.39 is 7.14 Å². The SMILES string of the molecule is COc1cc(N2CCC(N3CCN(C)CC3)CC2)c(C)cc1Nc1ncc(Br)c(Nc2ccc(-c3cnn(C)n3)cc2P(C)(C)=O)n1. The zero-order valence-electron chi connectivity index (χ0n) is 28.0. The van der Waals surface area contributed by atoms with E-state index >= 15 is 0 Å². The summed E-state index contributed by atoms with van der Waals surface area (Å²) >= 11 is 3.59. The molecule has 0 radical (unpaired) electrons. The first-order valence-corrected chi connectivity index (χ1v) is 19.4. The van der Waals surface area contributed by atoms with Gasteiger partial charge in [0.2, 0.25) is 5.95 Å². The Labute approximate surface area is 285 Å². The first-order valence-electron chi connectivity index (χ1n) is 16.0. The number of likely N-dealkylation sites (N-methyl/N-ethyl adjacent to an activating group) is 1. The van der Waals surface area contributed by atoms with Crippen LogP contribution < -0.4 is 25.6 Å². The molecule has 2 aliphatic heterocycles. The molecule has 12 nitrogen and oxygen atoms in total. The van der Waals surface area contributed by atoms with E-state index in [1.165, 1.54) is 36.4 Å². The van der Waals surface area contributed by atoms with Crippen LogP contribution in [0.5, 0.6) is 5.75 Å². The predicted octanol–water partition coefficient (Wildman–Crippen LogP) is 5.30. The first kappa shape index (κ1) is 33.4. The lowest BCUT2D eigenvalue weighted by Gasteiger charge is -2.43. The van der Waals surface area contributed by atoms with E-state index in [0.29, 0.717) is 39.0 Å². The summed E-state index contributed by atoms with van der Waals surface area (Å²) < 4.78 is 19.9. The Morgan fingerprint density at radius 1 is 0.957 bits per heavy atom. The van der Waals surface area contributed by atoms with Gasteiger partial charge in [0.05, 0.1) is 29.2 Å². The summed E-state index contributed by atoms with van der Waals surface area (Å²) in [6.45, 7) is 12.4. The van der Waals surface area contributed by atoms with Crippen molar-refractivity contribution in [3.63, 3.8) is 0 Å². The molecule has 2 aliphatic rings. The monoisotopic (exact) mass is 722 g/mol. The van der Waals surface area contributed by atoms with Crippen LogP contribution in [0.25, 0.3) is 11.3 Å². The second-order valence-corrected chi connectivity index (χ2v) is 16.9. The Morgan fingerprint density at radius 3 is 2.36 bits per heavy atom. The van der Waals surface area contributed by atoms with Crippen LogP contribution in [0.3, 0.4) is 0 Å². The second kappa shape index (κ2) is 13.9. The van der Waals surface area contributed by atoms with Crippen molar-refractivity contribution in [1.82, 2.24) is 34.8 Å². The molecule has 0 spiro atoms. The van der Waals surface area contributed by atoms with Gasteiger partial charge >= 0.3 is 0 Å². The van der Waals surface area contributed by atoms with E-state index in [-0.39, 0.29) is 0 Å². The van der Waals surface area contributed by atoms with E-state index in [1.807, 2.05) is 18.2 Å². The summed E-state index contributed by atoms with van der Waals surface area (Å²) in [4.78, 5) is 18.4. The molecule has 2 fully saturated rings. The lowest BCUT2D eigenvalue weighted by atomic mass is 10.0. The predicted molar refractivity (Wildman–Crippen MR) is 194 cm³/mol. The van der Waals surface area contributed by atoms with Crippen molar-refractivity contribution >= 4 is 57.2 Å². The van der Waals surface area contributed by atoms with E-state index in [1.54, 1.807) is 39.9 Å². The number of methoxy groups -OCH3 is 1. The number of benzene rings is 2. The molecule has 0 amide bonds. The Hall–Kier alpha value is -3.51. The minimum absolute atomic E-state index is 0.406. The molecule has 2 N–H and O–H groups in total. The Balaban J connectivity index is 1.19. The minimum atomic E-state index is -2.68. The summed E-state index contributed by atoms with van der Waals surface area (Å²) in [5.74, 6) is 1.68. The fraction of sp³-hybridized carbons (Fsp3) is 0.455. The molecule has 0 unspecified atom stereocenters. The summed E-state index contributed by atoms with van der Waals surface area (Å²) in [5, 5.41) is 16.0. The maximum Gasteiger partial charge on any atom is 0.229 e.